The lowest BCUT2D eigenvalue weighted by molar-refractivity contribution is -0.205. The minimum atomic E-state index is -0.489. The molecule has 1 N–H and O–H groups in total. The van der Waals surface area contributed by atoms with Gasteiger partial charge in [-0.15, -0.1) is 0 Å². The number of piperidine rings is 1. The molecule has 23 heavy (non-hydrogen) atoms. The predicted molar refractivity (Wildman–Crippen MR) is 83.7 cm³/mol. The zero-order valence-electron chi connectivity index (χ0n) is 14.1. The van der Waals surface area contributed by atoms with Crippen LogP contribution in [0.25, 0.3) is 0 Å². The van der Waals surface area contributed by atoms with Crippen molar-refractivity contribution in [1.82, 2.24) is 4.90 Å². The maximum Gasteiger partial charge on any atom is 0.302 e. The molecule has 6 atom stereocenters. The Balaban J connectivity index is 1.87. The first-order valence-electron chi connectivity index (χ1n) is 9.07. The van der Waals surface area contributed by atoms with Crippen LogP contribution in [-0.4, -0.2) is 52.6 Å². The highest BCUT2D eigenvalue weighted by Gasteiger charge is 2.75. The minimum absolute atomic E-state index is 0.0645. The fourth-order valence-corrected chi connectivity index (χ4v) is 6.62. The van der Waals surface area contributed by atoms with E-state index >= 15 is 0 Å². The number of aliphatic hydroxyl groups is 1. The Labute approximate surface area is 137 Å². The quantitative estimate of drug-likeness (QED) is 0.742. The van der Waals surface area contributed by atoms with E-state index in [-0.39, 0.29) is 35.1 Å². The number of rotatable bonds is 1. The third kappa shape index (κ3) is 1.75. The Morgan fingerprint density at radius 3 is 2.70 bits per heavy atom. The second-order valence-electron chi connectivity index (χ2n) is 8.13. The fraction of sp³-hybridized carbons (Fsp3) is 0.889. The molecule has 4 fully saturated rings. The van der Waals surface area contributed by atoms with Gasteiger partial charge >= 0.3 is 5.97 Å². The van der Waals surface area contributed by atoms with Gasteiger partial charge in [-0.1, -0.05) is 6.92 Å². The molecule has 4 rings (SSSR count). The molecule has 0 aromatic heterocycles. The van der Waals surface area contributed by atoms with Crippen molar-refractivity contribution in [1.29, 1.82) is 0 Å². The Bertz CT molecular complexity index is 549. The van der Waals surface area contributed by atoms with Crippen molar-refractivity contribution in [3.8, 4) is 0 Å². The third-order valence-electron chi connectivity index (χ3n) is 7.29. The summed E-state index contributed by atoms with van der Waals surface area (Å²) in [5.74, 6) is 0.0139. The Morgan fingerprint density at radius 2 is 2.00 bits per heavy atom. The van der Waals surface area contributed by atoms with E-state index in [1.807, 2.05) is 6.92 Å². The van der Waals surface area contributed by atoms with Gasteiger partial charge in [0.05, 0.1) is 11.6 Å². The van der Waals surface area contributed by atoms with Gasteiger partial charge in [-0.05, 0) is 51.1 Å². The second-order valence-corrected chi connectivity index (χ2v) is 8.13. The van der Waals surface area contributed by atoms with Gasteiger partial charge in [-0.2, -0.15) is 0 Å². The largest absolute Gasteiger partial charge is 0.462 e. The standard InChI is InChI=1S/C18H27NO4/c1-11-9-15(23-12(2)20)17-5-3-7-19-8-4-6-18(17,19)14(21)10-13(17)16(11)22/h11,13,15-16,22H,3-10H2,1-2H3/t11-,13+,15-,16-,17+,18-/m0/s1. The van der Waals surface area contributed by atoms with Gasteiger partial charge in [0, 0.05) is 24.7 Å². The van der Waals surface area contributed by atoms with Gasteiger partial charge < -0.3 is 9.84 Å². The summed E-state index contributed by atoms with van der Waals surface area (Å²) in [5, 5.41) is 10.9. The molecule has 128 valence electrons. The number of carbonyl (C=O) groups is 2. The molecular formula is C18H27NO4. The number of hydrogen-bond donors (Lipinski definition) is 1. The maximum absolute atomic E-state index is 13.2. The monoisotopic (exact) mass is 321 g/mol. The Hall–Kier alpha value is -0.940. The molecule has 0 unspecified atom stereocenters. The number of Topliss-reactive ketones (excluding diaryl/α,β-unsaturated/α-hetero) is 1. The molecule has 2 aliphatic heterocycles. The summed E-state index contributed by atoms with van der Waals surface area (Å²) in [5.41, 5.74) is -0.867. The van der Waals surface area contributed by atoms with Crippen LogP contribution in [0.5, 0.6) is 0 Å². The SMILES string of the molecule is CC(=O)O[C@H]1C[C@H](C)[C@H](O)[C@H]2CC(=O)[C@]34CCCN3CCC[C@]124. The first-order valence-corrected chi connectivity index (χ1v) is 9.07. The average Bonchev–Trinajstić information content (AvgIpc) is 3.04. The van der Waals surface area contributed by atoms with Crippen molar-refractivity contribution >= 4 is 11.8 Å². The highest BCUT2D eigenvalue weighted by atomic mass is 16.5. The first-order chi connectivity index (χ1) is 10.9. The van der Waals surface area contributed by atoms with Crippen molar-refractivity contribution < 1.29 is 19.4 Å². The summed E-state index contributed by atoms with van der Waals surface area (Å²) < 4.78 is 5.81. The lowest BCUT2D eigenvalue weighted by Crippen LogP contribution is -2.69. The lowest BCUT2D eigenvalue weighted by Gasteiger charge is -2.60. The van der Waals surface area contributed by atoms with Gasteiger partial charge in [-0.3, -0.25) is 14.5 Å². The number of aliphatic hydroxyl groups excluding tert-OH is 1. The van der Waals surface area contributed by atoms with Crippen LogP contribution in [0.15, 0.2) is 0 Å². The average molecular weight is 321 g/mol. The summed E-state index contributed by atoms with van der Waals surface area (Å²) in [6, 6.07) is 0. The second kappa shape index (κ2) is 5.03. The van der Waals surface area contributed by atoms with E-state index in [9.17, 15) is 14.7 Å². The highest BCUT2D eigenvalue weighted by Crippen LogP contribution is 2.66. The third-order valence-corrected chi connectivity index (χ3v) is 7.29. The molecule has 0 bridgehead atoms. The molecule has 2 spiro atoms. The van der Waals surface area contributed by atoms with Crippen LogP contribution < -0.4 is 0 Å². The van der Waals surface area contributed by atoms with Gasteiger partial charge in [-0.25, -0.2) is 0 Å². The van der Waals surface area contributed by atoms with Gasteiger partial charge in [0.15, 0.2) is 5.78 Å². The summed E-state index contributed by atoms with van der Waals surface area (Å²) in [6.07, 6.45) is 4.20. The van der Waals surface area contributed by atoms with Crippen molar-refractivity contribution in [2.75, 3.05) is 13.1 Å². The van der Waals surface area contributed by atoms with E-state index in [1.54, 1.807) is 0 Å². The van der Waals surface area contributed by atoms with E-state index in [1.165, 1.54) is 6.92 Å². The van der Waals surface area contributed by atoms with Gasteiger partial charge in [0.2, 0.25) is 0 Å². The van der Waals surface area contributed by atoms with E-state index < -0.39 is 11.6 Å². The topological polar surface area (TPSA) is 66.8 Å². The lowest BCUT2D eigenvalue weighted by atomic mass is 9.52. The molecule has 2 heterocycles. The zero-order chi connectivity index (χ0) is 16.4. The number of ether oxygens (including phenoxy) is 1. The van der Waals surface area contributed by atoms with Crippen LogP contribution in [0.3, 0.4) is 0 Å². The minimum Gasteiger partial charge on any atom is -0.462 e. The van der Waals surface area contributed by atoms with Crippen molar-refractivity contribution in [3.63, 3.8) is 0 Å². The van der Waals surface area contributed by atoms with Gasteiger partial charge in [0.1, 0.15) is 6.10 Å². The van der Waals surface area contributed by atoms with E-state index in [0.717, 1.165) is 38.8 Å². The van der Waals surface area contributed by atoms with Crippen LogP contribution in [0.1, 0.15) is 52.4 Å². The van der Waals surface area contributed by atoms with Gasteiger partial charge in [0.25, 0.3) is 0 Å². The zero-order valence-corrected chi connectivity index (χ0v) is 14.1. The number of esters is 1. The van der Waals surface area contributed by atoms with Crippen LogP contribution >= 0.6 is 0 Å². The molecule has 2 saturated heterocycles. The molecule has 0 radical (unpaired) electrons. The fourth-order valence-electron chi connectivity index (χ4n) is 6.62. The van der Waals surface area contributed by atoms with Crippen LogP contribution in [-0.2, 0) is 14.3 Å². The normalized spacial score (nSPS) is 49.4. The number of hydrogen-bond acceptors (Lipinski definition) is 5. The molecular weight excluding hydrogens is 294 g/mol. The van der Waals surface area contributed by atoms with Crippen molar-refractivity contribution in [2.45, 2.75) is 70.1 Å². The molecule has 5 nitrogen and oxygen atoms in total. The maximum atomic E-state index is 13.2. The molecule has 0 aromatic carbocycles. The molecule has 5 heteroatoms. The predicted octanol–water partition coefficient (Wildman–Crippen LogP) is 1.52. The van der Waals surface area contributed by atoms with E-state index in [2.05, 4.69) is 4.90 Å². The summed E-state index contributed by atoms with van der Waals surface area (Å²) in [7, 11) is 0. The molecule has 2 aliphatic carbocycles. The van der Waals surface area contributed by atoms with E-state index in [4.69, 9.17) is 4.74 Å². The summed E-state index contributed by atoms with van der Waals surface area (Å²) >= 11 is 0. The molecule has 4 aliphatic rings. The highest BCUT2D eigenvalue weighted by molar-refractivity contribution is 5.93. The molecule has 2 saturated carbocycles. The Morgan fingerprint density at radius 1 is 1.30 bits per heavy atom. The number of carbonyl (C=O) groups excluding carboxylic acids is 2. The van der Waals surface area contributed by atoms with Crippen LogP contribution in [0.4, 0.5) is 0 Å². The number of ketones is 1. The van der Waals surface area contributed by atoms with Crippen molar-refractivity contribution in [2.24, 2.45) is 17.3 Å². The Kier molecular flexibility index (Phi) is 3.40. The summed E-state index contributed by atoms with van der Waals surface area (Å²) in [6.45, 7) is 5.38. The number of nitrogens with zero attached hydrogens (tertiary/aromatic N) is 1. The molecule has 0 amide bonds. The smallest absolute Gasteiger partial charge is 0.302 e. The summed E-state index contributed by atoms with van der Waals surface area (Å²) in [4.78, 5) is 27.3. The van der Waals surface area contributed by atoms with Crippen LogP contribution in [0, 0.1) is 17.3 Å². The van der Waals surface area contributed by atoms with E-state index in [0.29, 0.717) is 12.8 Å². The van der Waals surface area contributed by atoms with Crippen molar-refractivity contribution in [3.05, 3.63) is 0 Å². The van der Waals surface area contributed by atoms with Crippen LogP contribution in [0.2, 0.25) is 0 Å². The molecule has 0 aromatic rings. The first kappa shape index (κ1) is 15.6.